The van der Waals surface area contributed by atoms with Crippen LogP contribution in [-0.4, -0.2) is 30.6 Å². The first-order chi connectivity index (χ1) is 12.6. The van der Waals surface area contributed by atoms with Crippen molar-refractivity contribution in [1.82, 2.24) is 9.88 Å². The number of nitrogens with zero attached hydrogens (tertiary/aromatic N) is 3. The lowest BCUT2D eigenvalue weighted by Gasteiger charge is -2.28. The molecular weight excluding hydrogens is 324 g/mol. The van der Waals surface area contributed by atoms with Crippen LogP contribution in [0.4, 0.5) is 5.82 Å². The van der Waals surface area contributed by atoms with Gasteiger partial charge in [-0.1, -0.05) is 24.3 Å². The number of aromatic nitrogens is 1. The second-order valence-corrected chi connectivity index (χ2v) is 6.63. The molecule has 0 saturated heterocycles. The molecule has 1 aromatic heterocycles. The van der Waals surface area contributed by atoms with E-state index in [1.807, 2.05) is 30.3 Å². The summed E-state index contributed by atoms with van der Waals surface area (Å²) in [6.45, 7) is 1.70. The molecule has 3 aromatic rings. The van der Waals surface area contributed by atoms with Gasteiger partial charge >= 0.3 is 0 Å². The third-order valence-corrected chi connectivity index (χ3v) is 5.06. The molecule has 5 nitrogen and oxygen atoms in total. The zero-order valence-corrected chi connectivity index (χ0v) is 14.9. The molecule has 4 rings (SSSR count). The molecule has 5 heteroatoms. The van der Waals surface area contributed by atoms with E-state index in [1.54, 1.807) is 7.11 Å². The summed E-state index contributed by atoms with van der Waals surface area (Å²) in [4.78, 5) is 6.77. The largest absolute Gasteiger partial charge is 0.496 e. The molecule has 1 aliphatic heterocycles. The number of likely N-dealkylation sites (N-methyl/N-ethyl adjacent to an activating group) is 1. The third-order valence-electron chi connectivity index (χ3n) is 5.06. The second-order valence-electron chi connectivity index (χ2n) is 6.63. The van der Waals surface area contributed by atoms with Crippen LogP contribution < -0.4 is 10.5 Å². The quantitative estimate of drug-likeness (QED) is 0.771. The summed E-state index contributed by atoms with van der Waals surface area (Å²) < 4.78 is 5.52. The van der Waals surface area contributed by atoms with Crippen molar-refractivity contribution in [2.24, 2.45) is 0 Å². The Hall–Kier alpha value is -3.10. The topological polar surface area (TPSA) is 75.2 Å². The molecule has 0 spiro atoms. The van der Waals surface area contributed by atoms with Gasteiger partial charge in [0.2, 0.25) is 0 Å². The van der Waals surface area contributed by atoms with Gasteiger partial charge in [0.05, 0.1) is 7.11 Å². The van der Waals surface area contributed by atoms with E-state index < -0.39 is 0 Å². The Bertz CT molecular complexity index is 1050. The first-order valence-electron chi connectivity index (χ1n) is 8.60. The van der Waals surface area contributed by atoms with Crippen molar-refractivity contribution in [3.63, 3.8) is 0 Å². The molecule has 26 heavy (non-hydrogen) atoms. The predicted octanol–water partition coefficient (Wildman–Crippen LogP) is 3.35. The fraction of sp³-hybridized carbons (Fsp3) is 0.238. The Morgan fingerprint density at radius 1 is 1.19 bits per heavy atom. The fourth-order valence-corrected chi connectivity index (χ4v) is 3.79. The van der Waals surface area contributed by atoms with Gasteiger partial charge < -0.3 is 15.4 Å². The number of nitriles is 1. The minimum Gasteiger partial charge on any atom is -0.496 e. The molecule has 0 amide bonds. The van der Waals surface area contributed by atoms with Crippen LogP contribution in [-0.2, 0) is 13.0 Å². The lowest BCUT2D eigenvalue weighted by atomic mass is 9.88. The van der Waals surface area contributed by atoms with Crippen molar-refractivity contribution in [2.45, 2.75) is 13.0 Å². The number of benzene rings is 2. The lowest BCUT2D eigenvalue weighted by Crippen LogP contribution is -2.28. The Labute approximate surface area is 152 Å². The van der Waals surface area contributed by atoms with Crippen molar-refractivity contribution in [1.29, 1.82) is 5.26 Å². The van der Waals surface area contributed by atoms with Crippen LogP contribution in [0.5, 0.6) is 5.75 Å². The van der Waals surface area contributed by atoms with E-state index in [0.717, 1.165) is 58.4 Å². The maximum atomic E-state index is 9.79. The molecule has 0 radical (unpaired) electrons. The number of hydrogen-bond donors (Lipinski definition) is 1. The van der Waals surface area contributed by atoms with Gasteiger partial charge in [0, 0.05) is 36.2 Å². The number of fused-ring (bicyclic) bond motifs is 2. The highest BCUT2D eigenvalue weighted by Gasteiger charge is 2.25. The Morgan fingerprint density at radius 3 is 2.69 bits per heavy atom. The van der Waals surface area contributed by atoms with Gasteiger partial charge in [0.25, 0.3) is 0 Å². The SMILES string of the molecule is COc1ccc(-c2c(C#N)c(N)nc3c2CN(C)CC3)c2ccccc12. The van der Waals surface area contributed by atoms with E-state index in [4.69, 9.17) is 10.5 Å². The average Bonchev–Trinajstić information content (AvgIpc) is 2.66. The number of nitrogens with two attached hydrogens (primary N) is 1. The highest BCUT2D eigenvalue weighted by atomic mass is 16.5. The summed E-state index contributed by atoms with van der Waals surface area (Å²) >= 11 is 0. The van der Waals surface area contributed by atoms with Gasteiger partial charge in [-0.05, 0) is 35.7 Å². The number of rotatable bonds is 2. The van der Waals surface area contributed by atoms with Gasteiger partial charge in [-0.2, -0.15) is 5.26 Å². The smallest absolute Gasteiger partial charge is 0.142 e. The Balaban J connectivity index is 2.10. The summed E-state index contributed by atoms with van der Waals surface area (Å²) in [5, 5.41) is 11.9. The van der Waals surface area contributed by atoms with E-state index in [1.165, 1.54) is 0 Å². The van der Waals surface area contributed by atoms with Crippen LogP contribution in [0.15, 0.2) is 36.4 Å². The molecule has 2 N–H and O–H groups in total. The van der Waals surface area contributed by atoms with Crippen LogP contribution in [0.1, 0.15) is 16.8 Å². The molecule has 0 bridgehead atoms. The van der Waals surface area contributed by atoms with Crippen LogP contribution in [0, 0.1) is 11.3 Å². The van der Waals surface area contributed by atoms with E-state index in [2.05, 4.69) is 29.1 Å². The first kappa shape index (κ1) is 16.4. The average molecular weight is 344 g/mol. The molecule has 0 saturated carbocycles. The predicted molar refractivity (Wildman–Crippen MR) is 103 cm³/mol. The van der Waals surface area contributed by atoms with E-state index in [0.29, 0.717) is 11.4 Å². The highest BCUT2D eigenvalue weighted by molar-refractivity contribution is 6.02. The van der Waals surface area contributed by atoms with Gasteiger partial charge in [0.1, 0.15) is 23.2 Å². The Morgan fingerprint density at radius 2 is 1.96 bits per heavy atom. The van der Waals surface area contributed by atoms with Crippen LogP contribution in [0.25, 0.3) is 21.9 Å². The molecule has 0 aliphatic carbocycles. The first-order valence-corrected chi connectivity index (χ1v) is 8.60. The van der Waals surface area contributed by atoms with Crippen molar-refractivity contribution in [2.75, 3.05) is 26.4 Å². The summed E-state index contributed by atoms with van der Waals surface area (Å²) in [6, 6.07) is 14.3. The Kier molecular flexibility index (Phi) is 3.98. The maximum absolute atomic E-state index is 9.79. The molecule has 2 heterocycles. The molecular formula is C21H20N4O. The van der Waals surface area contributed by atoms with Gasteiger partial charge in [-0.15, -0.1) is 0 Å². The minimum absolute atomic E-state index is 0.311. The summed E-state index contributed by atoms with van der Waals surface area (Å²) in [5.41, 5.74) is 10.6. The summed E-state index contributed by atoms with van der Waals surface area (Å²) in [7, 11) is 3.75. The number of methoxy groups -OCH3 is 1. The normalized spacial score (nSPS) is 14.0. The van der Waals surface area contributed by atoms with Crippen LogP contribution >= 0.6 is 0 Å². The maximum Gasteiger partial charge on any atom is 0.142 e. The van der Waals surface area contributed by atoms with Crippen molar-refractivity contribution >= 4 is 16.6 Å². The van der Waals surface area contributed by atoms with E-state index in [-0.39, 0.29) is 0 Å². The summed E-state index contributed by atoms with van der Waals surface area (Å²) in [6.07, 6.45) is 0.836. The number of ether oxygens (including phenoxy) is 1. The third kappa shape index (κ3) is 2.47. The van der Waals surface area contributed by atoms with Crippen molar-refractivity contribution in [3.05, 3.63) is 53.2 Å². The monoisotopic (exact) mass is 344 g/mol. The van der Waals surface area contributed by atoms with E-state index in [9.17, 15) is 5.26 Å². The molecule has 2 aromatic carbocycles. The molecule has 0 atom stereocenters. The van der Waals surface area contributed by atoms with Crippen LogP contribution in [0.3, 0.4) is 0 Å². The van der Waals surface area contributed by atoms with E-state index >= 15 is 0 Å². The zero-order valence-electron chi connectivity index (χ0n) is 14.9. The number of pyridine rings is 1. The van der Waals surface area contributed by atoms with Crippen LogP contribution in [0.2, 0.25) is 0 Å². The fourth-order valence-electron chi connectivity index (χ4n) is 3.79. The zero-order chi connectivity index (χ0) is 18.3. The molecule has 130 valence electrons. The number of nitrogen functional groups attached to an aromatic ring is 1. The number of hydrogen-bond acceptors (Lipinski definition) is 5. The minimum atomic E-state index is 0.311. The van der Waals surface area contributed by atoms with Gasteiger partial charge in [0.15, 0.2) is 0 Å². The van der Waals surface area contributed by atoms with Crippen molar-refractivity contribution in [3.8, 4) is 22.9 Å². The van der Waals surface area contributed by atoms with Gasteiger partial charge in [-0.3, -0.25) is 0 Å². The van der Waals surface area contributed by atoms with Gasteiger partial charge in [-0.25, -0.2) is 4.98 Å². The molecule has 0 fully saturated rings. The van der Waals surface area contributed by atoms with Crippen molar-refractivity contribution < 1.29 is 4.74 Å². The highest BCUT2D eigenvalue weighted by Crippen LogP contribution is 2.40. The molecule has 0 unspecified atom stereocenters. The molecule has 1 aliphatic rings. The standard InChI is InChI=1S/C21H20N4O/c1-25-10-9-18-17(12-25)20(16(11-22)21(23)24-18)15-7-8-19(26-2)14-6-4-3-5-13(14)15/h3-8H,9-10,12H2,1-2H3,(H2,23,24). The second kappa shape index (κ2) is 6.32. The number of anilines is 1. The summed E-state index contributed by atoms with van der Waals surface area (Å²) in [5.74, 6) is 1.13. The lowest BCUT2D eigenvalue weighted by molar-refractivity contribution is 0.310.